The van der Waals surface area contributed by atoms with E-state index in [0.29, 0.717) is 6.54 Å². The number of nitrogens with one attached hydrogen (secondary N) is 1. The SMILES string of the molecule is CS(=O)(=O)NCC1=CCCCC1. The number of sulfonamides is 1. The van der Waals surface area contributed by atoms with Gasteiger partial charge in [0.05, 0.1) is 6.26 Å². The predicted molar refractivity (Wildman–Crippen MR) is 49.4 cm³/mol. The van der Waals surface area contributed by atoms with E-state index in [1.165, 1.54) is 24.7 Å². The Labute approximate surface area is 73.9 Å². The Morgan fingerprint density at radius 2 is 2.25 bits per heavy atom. The van der Waals surface area contributed by atoms with Gasteiger partial charge < -0.3 is 0 Å². The molecular weight excluding hydrogens is 174 g/mol. The lowest BCUT2D eigenvalue weighted by molar-refractivity contribution is 0.588. The van der Waals surface area contributed by atoms with Crippen LogP contribution in [0.5, 0.6) is 0 Å². The van der Waals surface area contributed by atoms with Crippen LogP contribution in [0, 0.1) is 0 Å². The summed E-state index contributed by atoms with van der Waals surface area (Å²) in [5.74, 6) is 0. The first-order chi connectivity index (χ1) is 5.58. The lowest BCUT2D eigenvalue weighted by Crippen LogP contribution is -2.24. The molecule has 0 fully saturated rings. The third kappa shape index (κ3) is 3.88. The van der Waals surface area contributed by atoms with Gasteiger partial charge in [0.15, 0.2) is 0 Å². The summed E-state index contributed by atoms with van der Waals surface area (Å²) in [7, 11) is -3.01. The Morgan fingerprint density at radius 3 is 2.75 bits per heavy atom. The minimum Gasteiger partial charge on any atom is -0.213 e. The normalized spacial score (nSPS) is 18.9. The van der Waals surface area contributed by atoms with Crippen LogP contribution in [0.15, 0.2) is 11.6 Å². The minimum atomic E-state index is -3.01. The van der Waals surface area contributed by atoms with Gasteiger partial charge in [0.2, 0.25) is 10.0 Å². The topological polar surface area (TPSA) is 46.2 Å². The molecule has 1 aliphatic rings. The van der Waals surface area contributed by atoms with Gasteiger partial charge in [-0.2, -0.15) is 0 Å². The van der Waals surface area contributed by atoms with E-state index in [2.05, 4.69) is 10.8 Å². The van der Waals surface area contributed by atoms with Crippen LogP contribution >= 0.6 is 0 Å². The Hall–Kier alpha value is -0.350. The van der Waals surface area contributed by atoms with Gasteiger partial charge >= 0.3 is 0 Å². The molecule has 1 aliphatic carbocycles. The summed E-state index contributed by atoms with van der Waals surface area (Å²) in [5.41, 5.74) is 1.23. The van der Waals surface area contributed by atoms with Gasteiger partial charge in [0.25, 0.3) is 0 Å². The van der Waals surface area contributed by atoms with Crippen molar-refractivity contribution in [2.75, 3.05) is 12.8 Å². The van der Waals surface area contributed by atoms with Crippen LogP contribution in [0.3, 0.4) is 0 Å². The molecular formula is C8H15NO2S. The van der Waals surface area contributed by atoms with Crippen LogP contribution in [0.2, 0.25) is 0 Å². The van der Waals surface area contributed by atoms with Crippen molar-refractivity contribution in [3.8, 4) is 0 Å². The van der Waals surface area contributed by atoms with Crippen molar-refractivity contribution in [1.82, 2.24) is 4.72 Å². The Balaban J connectivity index is 2.36. The molecule has 70 valence electrons. The van der Waals surface area contributed by atoms with Crippen LogP contribution < -0.4 is 4.72 Å². The van der Waals surface area contributed by atoms with E-state index in [0.717, 1.165) is 12.8 Å². The fourth-order valence-electron chi connectivity index (χ4n) is 1.29. The summed E-state index contributed by atoms with van der Waals surface area (Å²) < 4.78 is 24.0. The van der Waals surface area contributed by atoms with Crippen LogP contribution in [0.25, 0.3) is 0 Å². The second-order valence-electron chi connectivity index (χ2n) is 3.20. The fraction of sp³-hybridized carbons (Fsp3) is 0.750. The van der Waals surface area contributed by atoms with Crippen molar-refractivity contribution in [2.45, 2.75) is 25.7 Å². The van der Waals surface area contributed by atoms with Crippen molar-refractivity contribution < 1.29 is 8.42 Å². The highest BCUT2D eigenvalue weighted by Gasteiger charge is 2.05. The maximum atomic E-state index is 10.7. The molecule has 0 aliphatic heterocycles. The van der Waals surface area contributed by atoms with E-state index in [4.69, 9.17) is 0 Å². The lowest BCUT2D eigenvalue weighted by Gasteiger charge is -2.12. The van der Waals surface area contributed by atoms with Crippen molar-refractivity contribution in [2.24, 2.45) is 0 Å². The first-order valence-electron chi connectivity index (χ1n) is 4.20. The van der Waals surface area contributed by atoms with E-state index >= 15 is 0 Å². The molecule has 1 N–H and O–H groups in total. The molecule has 0 saturated carbocycles. The van der Waals surface area contributed by atoms with E-state index in [1.54, 1.807) is 0 Å². The molecule has 0 saturated heterocycles. The van der Waals surface area contributed by atoms with Gasteiger partial charge in [-0.3, -0.25) is 0 Å². The summed E-state index contributed by atoms with van der Waals surface area (Å²) in [4.78, 5) is 0. The van der Waals surface area contributed by atoms with Gasteiger partial charge in [0, 0.05) is 6.54 Å². The highest BCUT2D eigenvalue weighted by molar-refractivity contribution is 7.88. The molecule has 3 nitrogen and oxygen atoms in total. The average molecular weight is 189 g/mol. The number of hydrogen-bond donors (Lipinski definition) is 1. The largest absolute Gasteiger partial charge is 0.213 e. The van der Waals surface area contributed by atoms with Crippen LogP contribution in [-0.2, 0) is 10.0 Å². The van der Waals surface area contributed by atoms with Gasteiger partial charge in [-0.1, -0.05) is 11.6 Å². The molecule has 0 aromatic rings. The second-order valence-corrected chi connectivity index (χ2v) is 5.03. The molecule has 1 rings (SSSR count). The lowest BCUT2D eigenvalue weighted by atomic mass is 10.0. The molecule has 0 amide bonds. The van der Waals surface area contributed by atoms with Crippen LogP contribution in [0.1, 0.15) is 25.7 Å². The molecule has 0 unspecified atom stereocenters. The van der Waals surface area contributed by atoms with Crippen molar-refractivity contribution in [1.29, 1.82) is 0 Å². The molecule has 0 spiro atoms. The van der Waals surface area contributed by atoms with Crippen LogP contribution in [-0.4, -0.2) is 21.2 Å². The van der Waals surface area contributed by atoms with Crippen molar-refractivity contribution >= 4 is 10.0 Å². The summed E-state index contributed by atoms with van der Waals surface area (Å²) in [5, 5.41) is 0. The van der Waals surface area contributed by atoms with E-state index in [1.807, 2.05) is 0 Å². The van der Waals surface area contributed by atoms with E-state index < -0.39 is 10.0 Å². The van der Waals surface area contributed by atoms with Gasteiger partial charge in [-0.25, -0.2) is 13.1 Å². The second kappa shape index (κ2) is 4.05. The zero-order valence-electron chi connectivity index (χ0n) is 7.34. The quantitative estimate of drug-likeness (QED) is 0.674. The molecule has 0 atom stereocenters. The maximum absolute atomic E-state index is 10.7. The monoisotopic (exact) mass is 189 g/mol. The summed E-state index contributed by atoms with van der Waals surface area (Å²) in [6.07, 6.45) is 7.90. The maximum Gasteiger partial charge on any atom is 0.208 e. The smallest absolute Gasteiger partial charge is 0.208 e. The molecule has 12 heavy (non-hydrogen) atoms. The summed E-state index contributed by atoms with van der Waals surface area (Å²) in [6, 6.07) is 0. The zero-order chi connectivity index (χ0) is 9.03. The minimum absolute atomic E-state index is 0.499. The van der Waals surface area contributed by atoms with E-state index in [9.17, 15) is 8.42 Å². The zero-order valence-corrected chi connectivity index (χ0v) is 8.15. The van der Waals surface area contributed by atoms with Crippen LogP contribution in [0.4, 0.5) is 0 Å². The van der Waals surface area contributed by atoms with Gasteiger partial charge in [0.1, 0.15) is 0 Å². The van der Waals surface area contributed by atoms with Crippen molar-refractivity contribution in [3.63, 3.8) is 0 Å². The Morgan fingerprint density at radius 1 is 1.50 bits per heavy atom. The third-order valence-corrected chi connectivity index (χ3v) is 2.62. The number of allylic oxidation sites excluding steroid dienone is 1. The molecule has 4 heteroatoms. The van der Waals surface area contributed by atoms with Gasteiger partial charge in [-0.05, 0) is 25.7 Å². The Kier molecular flexibility index (Phi) is 3.29. The Bertz CT molecular complexity index is 267. The molecule has 0 heterocycles. The predicted octanol–water partition coefficient (Wildman–Crippen LogP) is 1.04. The van der Waals surface area contributed by atoms with E-state index in [-0.39, 0.29) is 0 Å². The number of rotatable bonds is 3. The highest BCUT2D eigenvalue weighted by atomic mass is 32.2. The summed E-state index contributed by atoms with van der Waals surface area (Å²) in [6.45, 7) is 0.499. The molecule has 0 bridgehead atoms. The average Bonchev–Trinajstić information content (AvgIpc) is 2.02. The molecule has 0 aromatic carbocycles. The van der Waals surface area contributed by atoms with Gasteiger partial charge in [-0.15, -0.1) is 0 Å². The highest BCUT2D eigenvalue weighted by Crippen LogP contribution is 2.16. The molecule has 0 aromatic heterocycles. The third-order valence-electron chi connectivity index (χ3n) is 1.95. The fourth-order valence-corrected chi connectivity index (χ4v) is 1.74. The first-order valence-corrected chi connectivity index (χ1v) is 6.09. The summed E-state index contributed by atoms with van der Waals surface area (Å²) >= 11 is 0. The standard InChI is InChI=1S/C8H15NO2S/c1-12(10,11)9-7-8-5-3-2-4-6-8/h5,9H,2-4,6-7H2,1H3. The first kappa shape index (κ1) is 9.74. The number of hydrogen-bond acceptors (Lipinski definition) is 2. The van der Waals surface area contributed by atoms with Crippen molar-refractivity contribution in [3.05, 3.63) is 11.6 Å². The molecule has 0 radical (unpaired) electrons.